The number of hydrogen-bond acceptors (Lipinski definition) is 1. The highest BCUT2D eigenvalue weighted by Crippen LogP contribution is 2.36. The van der Waals surface area contributed by atoms with Gasteiger partial charge in [0.1, 0.15) is 0 Å². The normalized spacial score (nSPS) is 17.1. The van der Waals surface area contributed by atoms with E-state index in [1.165, 1.54) is 16.3 Å². The molecule has 0 aliphatic heterocycles. The molecule has 0 saturated carbocycles. The van der Waals surface area contributed by atoms with E-state index in [9.17, 15) is 4.79 Å². The zero-order chi connectivity index (χ0) is 11.8. The summed E-state index contributed by atoms with van der Waals surface area (Å²) in [5, 5.41) is 1.17. The zero-order valence-corrected chi connectivity index (χ0v) is 11.2. The minimum absolute atomic E-state index is 0.387. The molecule has 0 heterocycles. The first-order chi connectivity index (χ1) is 7.50. The van der Waals surface area contributed by atoms with E-state index < -0.39 is 8.07 Å². The molecule has 1 aliphatic carbocycles. The van der Waals surface area contributed by atoms with Gasteiger partial charge in [-0.2, -0.15) is 0 Å². The Labute approximate surface area is 98.2 Å². The molecule has 16 heavy (non-hydrogen) atoms. The smallest absolute Gasteiger partial charge is 0.155 e. The summed E-state index contributed by atoms with van der Waals surface area (Å²) in [6.45, 7) is 6.78. The quantitative estimate of drug-likeness (QED) is 0.708. The molecule has 84 valence electrons. The minimum atomic E-state index is -1.50. The predicted octanol–water partition coefficient (Wildman–Crippen LogP) is 3.68. The van der Waals surface area contributed by atoms with Gasteiger partial charge >= 0.3 is 0 Å². The molecule has 0 saturated heterocycles. The van der Waals surface area contributed by atoms with Gasteiger partial charge in [-0.05, 0) is 22.8 Å². The van der Waals surface area contributed by atoms with Crippen LogP contribution in [0.4, 0.5) is 0 Å². The molecule has 1 aliphatic rings. The van der Waals surface area contributed by atoms with E-state index in [4.69, 9.17) is 0 Å². The summed E-state index contributed by atoms with van der Waals surface area (Å²) in [6, 6.07) is 10.4. The van der Waals surface area contributed by atoms with Crippen molar-refractivity contribution >= 4 is 19.4 Å². The van der Waals surface area contributed by atoms with Gasteiger partial charge in [-0.15, -0.1) is 0 Å². The van der Waals surface area contributed by atoms with Crippen LogP contribution in [0.1, 0.15) is 18.4 Å². The molecular formula is C14H18OSi. The van der Waals surface area contributed by atoms with Crippen LogP contribution in [0, 0.1) is 0 Å². The highest BCUT2D eigenvalue weighted by atomic mass is 28.3. The maximum absolute atomic E-state index is 12.0. The number of benzene rings is 1. The maximum Gasteiger partial charge on any atom is 0.155 e. The van der Waals surface area contributed by atoms with Gasteiger partial charge in [0.25, 0.3) is 0 Å². The van der Waals surface area contributed by atoms with Crippen molar-refractivity contribution in [3.8, 4) is 0 Å². The van der Waals surface area contributed by atoms with Crippen molar-refractivity contribution in [2.75, 3.05) is 0 Å². The van der Waals surface area contributed by atoms with Gasteiger partial charge in [0.2, 0.25) is 0 Å². The van der Waals surface area contributed by atoms with Crippen LogP contribution in [-0.2, 0) is 4.79 Å². The van der Waals surface area contributed by atoms with Crippen LogP contribution in [0.2, 0.25) is 19.6 Å². The average molecular weight is 230 g/mol. The van der Waals surface area contributed by atoms with Crippen LogP contribution >= 0.6 is 0 Å². The molecule has 0 aromatic heterocycles. The fraction of sp³-hybridized carbons (Fsp3) is 0.357. The topological polar surface area (TPSA) is 17.1 Å². The number of hydrogen-bond donors (Lipinski definition) is 0. The maximum atomic E-state index is 12.0. The van der Waals surface area contributed by atoms with Crippen LogP contribution in [0.3, 0.4) is 0 Å². The fourth-order valence-corrected chi connectivity index (χ4v) is 4.59. The monoisotopic (exact) mass is 230 g/mol. The van der Waals surface area contributed by atoms with Crippen molar-refractivity contribution in [2.45, 2.75) is 32.5 Å². The summed E-state index contributed by atoms with van der Waals surface area (Å²) in [6.07, 6.45) is 1.65. The molecule has 0 atom stereocenters. The van der Waals surface area contributed by atoms with Gasteiger partial charge in [-0.1, -0.05) is 50.0 Å². The Bertz CT molecular complexity index is 438. The Morgan fingerprint density at radius 2 is 1.62 bits per heavy atom. The molecule has 1 aromatic carbocycles. The lowest BCUT2D eigenvalue weighted by atomic mass is 10.1. The molecule has 0 fully saturated rings. The first kappa shape index (κ1) is 11.3. The standard InChI is InChI=1S/C14H18OSi/c1-16(2,3)14-12(9-10-13(14)15)11-7-5-4-6-8-11/h4-8H,9-10H2,1-3H3. The van der Waals surface area contributed by atoms with Crippen LogP contribution in [0.5, 0.6) is 0 Å². The summed E-state index contributed by atoms with van der Waals surface area (Å²) in [5.41, 5.74) is 2.55. The molecule has 0 spiro atoms. The molecular weight excluding hydrogens is 212 g/mol. The third-order valence-corrected chi connectivity index (χ3v) is 5.14. The Balaban J connectivity index is 2.54. The number of allylic oxidation sites excluding steroid dienone is 2. The van der Waals surface area contributed by atoms with E-state index in [0.717, 1.165) is 6.42 Å². The second kappa shape index (κ2) is 4.02. The van der Waals surface area contributed by atoms with Gasteiger partial charge in [0, 0.05) is 6.42 Å². The van der Waals surface area contributed by atoms with Crippen molar-refractivity contribution in [3.05, 3.63) is 41.1 Å². The summed E-state index contributed by atoms with van der Waals surface area (Å²) in [5.74, 6) is 0.387. The minimum Gasteiger partial charge on any atom is -0.295 e. The van der Waals surface area contributed by atoms with E-state index in [2.05, 4.69) is 31.8 Å². The molecule has 2 rings (SSSR count). The molecule has 0 N–H and O–H groups in total. The molecule has 0 unspecified atom stereocenters. The Kier molecular flexibility index (Phi) is 2.85. The fourth-order valence-electron chi connectivity index (χ4n) is 2.46. The second-order valence-corrected chi connectivity index (χ2v) is 10.4. The van der Waals surface area contributed by atoms with Crippen LogP contribution in [-0.4, -0.2) is 13.9 Å². The first-order valence-electron chi connectivity index (χ1n) is 5.82. The number of rotatable bonds is 2. The molecule has 0 amide bonds. The van der Waals surface area contributed by atoms with Crippen molar-refractivity contribution in [3.63, 3.8) is 0 Å². The lowest BCUT2D eigenvalue weighted by Gasteiger charge is -2.19. The summed E-state index contributed by atoms with van der Waals surface area (Å²) in [4.78, 5) is 12.0. The summed E-state index contributed by atoms with van der Waals surface area (Å²) >= 11 is 0. The average Bonchev–Trinajstić information content (AvgIpc) is 2.61. The van der Waals surface area contributed by atoms with E-state index in [-0.39, 0.29) is 0 Å². The van der Waals surface area contributed by atoms with Crippen LogP contribution < -0.4 is 0 Å². The number of carbonyl (C=O) groups is 1. The van der Waals surface area contributed by atoms with Gasteiger partial charge in [0.15, 0.2) is 5.78 Å². The first-order valence-corrected chi connectivity index (χ1v) is 9.32. The van der Waals surface area contributed by atoms with Gasteiger partial charge in [-0.25, -0.2) is 0 Å². The van der Waals surface area contributed by atoms with E-state index in [0.29, 0.717) is 12.2 Å². The molecule has 0 bridgehead atoms. The molecule has 1 aromatic rings. The van der Waals surface area contributed by atoms with Crippen LogP contribution in [0.15, 0.2) is 35.5 Å². The largest absolute Gasteiger partial charge is 0.295 e. The SMILES string of the molecule is C[Si](C)(C)C1=C(c2ccccc2)CCC1=O. The van der Waals surface area contributed by atoms with Crippen molar-refractivity contribution in [1.82, 2.24) is 0 Å². The zero-order valence-electron chi connectivity index (χ0n) is 10.2. The van der Waals surface area contributed by atoms with Crippen LogP contribution in [0.25, 0.3) is 5.57 Å². The van der Waals surface area contributed by atoms with Gasteiger partial charge in [-0.3, -0.25) is 4.79 Å². The Hall–Kier alpha value is -1.15. The molecule has 0 radical (unpaired) electrons. The van der Waals surface area contributed by atoms with Crippen molar-refractivity contribution in [2.24, 2.45) is 0 Å². The van der Waals surface area contributed by atoms with E-state index >= 15 is 0 Å². The van der Waals surface area contributed by atoms with E-state index in [1.54, 1.807) is 0 Å². The van der Waals surface area contributed by atoms with Gasteiger partial charge < -0.3 is 0 Å². The lowest BCUT2D eigenvalue weighted by molar-refractivity contribution is -0.114. The highest BCUT2D eigenvalue weighted by molar-refractivity contribution is 6.88. The highest BCUT2D eigenvalue weighted by Gasteiger charge is 2.33. The van der Waals surface area contributed by atoms with Gasteiger partial charge in [0.05, 0.1) is 8.07 Å². The lowest BCUT2D eigenvalue weighted by Crippen LogP contribution is -2.28. The molecule has 1 nitrogen and oxygen atoms in total. The Morgan fingerprint density at radius 1 is 1.00 bits per heavy atom. The van der Waals surface area contributed by atoms with Crippen molar-refractivity contribution in [1.29, 1.82) is 0 Å². The summed E-state index contributed by atoms with van der Waals surface area (Å²) < 4.78 is 0. The summed E-state index contributed by atoms with van der Waals surface area (Å²) in [7, 11) is -1.50. The third kappa shape index (κ3) is 2.02. The third-order valence-electron chi connectivity index (χ3n) is 3.05. The number of Topliss-reactive ketones (excluding diaryl/α,β-unsaturated/α-hetero) is 1. The number of carbonyl (C=O) groups excluding carboxylic acids is 1. The number of ketones is 1. The Morgan fingerprint density at radius 3 is 2.19 bits per heavy atom. The predicted molar refractivity (Wildman–Crippen MR) is 70.9 cm³/mol. The van der Waals surface area contributed by atoms with Crippen molar-refractivity contribution < 1.29 is 4.79 Å². The second-order valence-electron chi connectivity index (χ2n) is 5.39. The van der Waals surface area contributed by atoms with E-state index in [1.807, 2.05) is 18.2 Å². The molecule has 2 heteroatoms.